The molecule has 1 saturated heterocycles. The van der Waals surface area contributed by atoms with Gasteiger partial charge in [-0.25, -0.2) is 17.2 Å². The predicted molar refractivity (Wildman–Crippen MR) is 69.9 cm³/mol. The Kier molecular flexibility index (Phi) is 3.94. The first-order valence-electron chi connectivity index (χ1n) is 6.04. The highest BCUT2D eigenvalue weighted by atomic mass is 32.2. The number of anilines is 1. The first-order chi connectivity index (χ1) is 9.28. The van der Waals surface area contributed by atoms with Gasteiger partial charge in [0, 0.05) is 17.8 Å². The van der Waals surface area contributed by atoms with E-state index < -0.39 is 33.4 Å². The van der Waals surface area contributed by atoms with E-state index in [9.17, 15) is 22.0 Å². The Morgan fingerprint density at radius 1 is 1.30 bits per heavy atom. The van der Waals surface area contributed by atoms with Crippen LogP contribution in [0.25, 0.3) is 0 Å². The van der Waals surface area contributed by atoms with Crippen LogP contribution in [0, 0.1) is 11.6 Å². The van der Waals surface area contributed by atoms with Crippen molar-refractivity contribution in [1.82, 2.24) is 5.32 Å². The lowest BCUT2D eigenvalue weighted by molar-refractivity contribution is 0.0938. The van der Waals surface area contributed by atoms with E-state index >= 15 is 0 Å². The summed E-state index contributed by atoms with van der Waals surface area (Å²) in [6.07, 6.45) is 0.981. The number of hydrogen-bond donors (Lipinski definition) is 2. The minimum Gasteiger partial charge on any atom is -0.398 e. The van der Waals surface area contributed by atoms with Crippen LogP contribution in [0.3, 0.4) is 0 Å². The van der Waals surface area contributed by atoms with Crippen molar-refractivity contribution in [3.63, 3.8) is 0 Å². The van der Waals surface area contributed by atoms with E-state index in [0.717, 1.165) is 6.07 Å². The molecule has 0 saturated carbocycles. The Labute approximate surface area is 115 Å². The summed E-state index contributed by atoms with van der Waals surface area (Å²) >= 11 is 0. The van der Waals surface area contributed by atoms with Gasteiger partial charge in [-0.15, -0.1) is 0 Å². The summed E-state index contributed by atoms with van der Waals surface area (Å²) in [7, 11) is -3.16. The molecule has 20 heavy (non-hydrogen) atoms. The lowest BCUT2D eigenvalue weighted by Gasteiger charge is -2.23. The van der Waals surface area contributed by atoms with Gasteiger partial charge in [0.2, 0.25) is 0 Å². The van der Waals surface area contributed by atoms with E-state index in [0.29, 0.717) is 18.9 Å². The number of benzene rings is 1. The summed E-state index contributed by atoms with van der Waals surface area (Å²) in [4.78, 5) is 11.9. The zero-order valence-corrected chi connectivity index (χ0v) is 11.3. The highest BCUT2D eigenvalue weighted by Crippen LogP contribution is 2.18. The van der Waals surface area contributed by atoms with Crippen LogP contribution in [-0.2, 0) is 9.84 Å². The molecule has 110 valence electrons. The van der Waals surface area contributed by atoms with Crippen molar-refractivity contribution in [3.05, 3.63) is 29.3 Å². The Hall–Kier alpha value is -1.70. The molecule has 0 radical (unpaired) electrons. The van der Waals surface area contributed by atoms with Gasteiger partial charge < -0.3 is 11.1 Å². The van der Waals surface area contributed by atoms with Gasteiger partial charge in [-0.1, -0.05) is 0 Å². The summed E-state index contributed by atoms with van der Waals surface area (Å²) in [5, 5.41) is 2.49. The minimum atomic E-state index is -3.16. The van der Waals surface area contributed by atoms with Crippen LogP contribution < -0.4 is 11.1 Å². The number of nitrogens with two attached hydrogens (primary N) is 1. The van der Waals surface area contributed by atoms with Gasteiger partial charge in [-0.05, 0) is 18.9 Å². The third kappa shape index (κ3) is 3.24. The number of halogens is 2. The molecule has 1 aromatic rings. The first-order valence-corrected chi connectivity index (χ1v) is 7.86. The fourth-order valence-corrected chi connectivity index (χ4v) is 3.79. The zero-order valence-electron chi connectivity index (χ0n) is 10.5. The number of rotatable bonds is 2. The molecule has 1 aromatic carbocycles. The molecule has 8 heteroatoms. The highest BCUT2D eigenvalue weighted by molar-refractivity contribution is 7.91. The van der Waals surface area contributed by atoms with Crippen LogP contribution in [0.1, 0.15) is 23.2 Å². The van der Waals surface area contributed by atoms with Gasteiger partial charge in [0.15, 0.2) is 21.5 Å². The Bertz CT molecular complexity index is 646. The summed E-state index contributed by atoms with van der Waals surface area (Å²) in [5.74, 6) is -3.07. The third-order valence-electron chi connectivity index (χ3n) is 3.14. The van der Waals surface area contributed by atoms with Gasteiger partial charge >= 0.3 is 0 Å². The largest absolute Gasteiger partial charge is 0.398 e. The summed E-state index contributed by atoms with van der Waals surface area (Å²) in [6.45, 7) is 0. The molecule has 1 amide bonds. The van der Waals surface area contributed by atoms with Crippen molar-refractivity contribution < 1.29 is 22.0 Å². The van der Waals surface area contributed by atoms with Gasteiger partial charge in [-0.3, -0.25) is 4.79 Å². The van der Waals surface area contributed by atoms with Crippen molar-refractivity contribution in [2.24, 2.45) is 0 Å². The van der Waals surface area contributed by atoms with E-state index in [1.165, 1.54) is 0 Å². The molecule has 5 nitrogen and oxygen atoms in total. The molecule has 1 fully saturated rings. The average Bonchev–Trinajstić information content (AvgIpc) is 2.32. The van der Waals surface area contributed by atoms with E-state index in [4.69, 9.17) is 5.73 Å². The van der Waals surface area contributed by atoms with Crippen molar-refractivity contribution in [1.29, 1.82) is 0 Å². The monoisotopic (exact) mass is 304 g/mol. The van der Waals surface area contributed by atoms with E-state index in [-0.39, 0.29) is 22.8 Å². The number of amides is 1. The van der Waals surface area contributed by atoms with Crippen LogP contribution in [0.15, 0.2) is 12.1 Å². The fraction of sp³-hybridized carbons (Fsp3) is 0.417. The summed E-state index contributed by atoms with van der Waals surface area (Å²) in [5.41, 5.74) is 5.07. The lowest BCUT2D eigenvalue weighted by atomic mass is 10.1. The molecule has 1 heterocycles. The molecule has 1 unspecified atom stereocenters. The molecule has 1 aliphatic heterocycles. The van der Waals surface area contributed by atoms with Crippen LogP contribution in [-0.4, -0.2) is 31.9 Å². The van der Waals surface area contributed by atoms with Gasteiger partial charge in [0.25, 0.3) is 5.91 Å². The summed E-state index contributed by atoms with van der Waals surface area (Å²) < 4.78 is 49.0. The van der Waals surface area contributed by atoms with Gasteiger partial charge in [0.1, 0.15) is 0 Å². The molecule has 0 aliphatic carbocycles. The van der Waals surface area contributed by atoms with Crippen molar-refractivity contribution >= 4 is 21.4 Å². The standard InChI is InChI=1S/C12H14F2N2O3S/c13-9-4-8(11(15)5-10(9)14)12(17)16-7-2-1-3-20(18,19)6-7/h4-5,7H,1-3,6,15H2,(H,16,17). The maximum absolute atomic E-state index is 13.1. The number of nitrogen functional groups attached to an aromatic ring is 1. The SMILES string of the molecule is Nc1cc(F)c(F)cc1C(=O)NC1CCCS(=O)(=O)C1. The number of nitrogens with one attached hydrogen (secondary N) is 1. The van der Waals surface area contributed by atoms with Crippen LogP contribution in [0.4, 0.5) is 14.5 Å². The second kappa shape index (κ2) is 5.35. The molecule has 1 aliphatic rings. The maximum Gasteiger partial charge on any atom is 0.253 e. The van der Waals surface area contributed by atoms with Crippen molar-refractivity contribution in [2.45, 2.75) is 18.9 Å². The minimum absolute atomic E-state index is 0.104. The highest BCUT2D eigenvalue weighted by Gasteiger charge is 2.26. The molecular weight excluding hydrogens is 290 g/mol. The Morgan fingerprint density at radius 3 is 2.60 bits per heavy atom. The first kappa shape index (κ1) is 14.7. The number of carbonyl (C=O) groups excluding carboxylic acids is 1. The number of carbonyl (C=O) groups is 1. The average molecular weight is 304 g/mol. The fourth-order valence-electron chi connectivity index (χ4n) is 2.16. The quantitative estimate of drug-likeness (QED) is 0.793. The topological polar surface area (TPSA) is 89.3 Å². The third-order valence-corrected chi connectivity index (χ3v) is 4.96. The van der Waals surface area contributed by atoms with E-state index in [2.05, 4.69) is 5.32 Å². The number of sulfone groups is 1. The zero-order chi connectivity index (χ0) is 14.9. The normalized spacial score (nSPS) is 21.4. The second-order valence-electron chi connectivity index (χ2n) is 4.78. The molecular formula is C12H14F2N2O3S. The van der Waals surface area contributed by atoms with Gasteiger partial charge in [-0.2, -0.15) is 0 Å². The maximum atomic E-state index is 13.1. The van der Waals surface area contributed by atoms with Crippen LogP contribution >= 0.6 is 0 Å². The molecule has 0 bridgehead atoms. The second-order valence-corrected chi connectivity index (χ2v) is 7.01. The van der Waals surface area contributed by atoms with Crippen LogP contribution in [0.2, 0.25) is 0 Å². The molecule has 0 spiro atoms. The molecule has 1 atom stereocenters. The lowest BCUT2D eigenvalue weighted by Crippen LogP contribution is -2.43. The molecule has 2 rings (SSSR count). The Balaban J connectivity index is 2.14. The smallest absolute Gasteiger partial charge is 0.253 e. The van der Waals surface area contributed by atoms with Crippen molar-refractivity contribution in [3.8, 4) is 0 Å². The van der Waals surface area contributed by atoms with Crippen LogP contribution in [0.5, 0.6) is 0 Å². The Morgan fingerprint density at radius 2 is 1.95 bits per heavy atom. The van der Waals surface area contributed by atoms with E-state index in [1.54, 1.807) is 0 Å². The molecule has 3 N–H and O–H groups in total. The van der Waals surface area contributed by atoms with Gasteiger partial charge in [0.05, 0.1) is 17.1 Å². The molecule has 0 aromatic heterocycles. The number of hydrogen-bond acceptors (Lipinski definition) is 4. The van der Waals surface area contributed by atoms with Crippen molar-refractivity contribution in [2.75, 3.05) is 17.2 Å². The van der Waals surface area contributed by atoms with E-state index in [1.807, 2.05) is 0 Å². The summed E-state index contributed by atoms with van der Waals surface area (Å²) in [6, 6.07) is 0.896. The predicted octanol–water partition coefficient (Wildman–Crippen LogP) is 0.854.